The molecule has 0 saturated carbocycles. The van der Waals surface area contributed by atoms with Crippen molar-refractivity contribution in [1.82, 2.24) is 10.3 Å². The zero-order valence-electron chi connectivity index (χ0n) is 13.3. The summed E-state index contributed by atoms with van der Waals surface area (Å²) in [5, 5.41) is 3.25. The number of halogens is 3. The van der Waals surface area contributed by atoms with Crippen molar-refractivity contribution >= 4 is 5.78 Å². The topological polar surface area (TPSA) is 51.2 Å². The average molecular weight is 350 g/mol. The van der Waals surface area contributed by atoms with E-state index >= 15 is 0 Å². The standard InChI is InChI=1S/C18H17F3N2O2/c19-18(20,21)17-6-5-14(10-23-17)15(24)9-12-1-3-13(4-2-12)16-11-22-7-8-25-16/h1-6,10,16,22H,7-9,11H2/t16-/m0/s1. The highest BCUT2D eigenvalue weighted by Crippen LogP contribution is 2.27. The van der Waals surface area contributed by atoms with Gasteiger partial charge in [0.2, 0.25) is 0 Å². The van der Waals surface area contributed by atoms with Gasteiger partial charge in [0.05, 0.1) is 12.7 Å². The number of ketones is 1. The molecule has 0 bridgehead atoms. The molecule has 1 aliphatic rings. The van der Waals surface area contributed by atoms with Crippen LogP contribution in [0.2, 0.25) is 0 Å². The van der Waals surface area contributed by atoms with Gasteiger partial charge >= 0.3 is 6.18 Å². The number of morpholine rings is 1. The molecule has 3 rings (SSSR count). The molecule has 2 aromatic rings. The number of hydrogen-bond acceptors (Lipinski definition) is 4. The molecule has 1 fully saturated rings. The summed E-state index contributed by atoms with van der Waals surface area (Å²) in [4.78, 5) is 15.5. The van der Waals surface area contributed by atoms with Crippen LogP contribution in [0.1, 0.15) is 33.3 Å². The Bertz CT molecular complexity index is 721. The zero-order chi connectivity index (χ0) is 17.9. The van der Waals surface area contributed by atoms with E-state index in [1.165, 1.54) is 0 Å². The van der Waals surface area contributed by atoms with E-state index in [9.17, 15) is 18.0 Å². The minimum atomic E-state index is -4.51. The van der Waals surface area contributed by atoms with Crippen LogP contribution < -0.4 is 5.32 Å². The fraction of sp³-hybridized carbons (Fsp3) is 0.333. The Kier molecular flexibility index (Phi) is 5.15. The number of benzene rings is 1. The molecule has 4 nitrogen and oxygen atoms in total. The monoisotopic (exact) mass is 350 g/mol. The van der Waals surface area contributed by atoms with Crippen LogP contribution in [0.3, 0.4) is 0 Å². The summed E-state index contributed by atoms with van der Waals surface area (Å²) in [5.74, 6) is -0.274. The normalized spacial score (nSPS) is 18.1. The number of nitrogens with one attached hydrogen (secondary N) is 1. The Balaban J connectivity index is 1.64. The second kappa shape index (κ2) is 7.33. The molecule has 1 N–H and O–H groups in total. The molecule has 25 heavy (non-hydrogen) atoms. The lowest BCUT2D eigenvalue weighted by atomic mass is 10.0. The van der Waals surface area contributed by atoms with E-state index in [4.69, 9.17) is 4.74 Å². The molecule has 1 atom stereocenters. The van der Waals surface area contributed by atoms with Gasteiger partial charge in [-0.05, 0) is 23.3 Å². The van der Waals surface area contributed by atoms with Gasteiger partial charge in [0.25, 0.3) is 0 Å². The Morgan fingerprint density at radius 2 is 1.96 bits per heavy atom. The van der Waals surface area contributed by atoms with E-state index in [-0.39, 0.29) is 23.9 Å². The molecular weight excluding hydrogens is 333 g/mol. The smallest absolute Gasteiger partial charge is 0.371 e. The Labute approximate surface area is 143 Å². The van der Waals surface area contributed by atoms with Gasteiger partial charge in [-0.15, -0.1) is 0 Å². The molecule has 1 aliphatic heterocycles. The molecule has 1 aromatic heterocycles. The van der Waals surface area contributed by atoms with Gasteiger partial charge in [-0.1, -0.05) is 24.3 Å². The first-order valence-electron chi connectivity index (χ1n) is 7.91. The lowest BCUT2D eigenvalue weighted by Crippen LogP contribution is -2.33. The van der Waals surface area contributed by atoms with Crippen molar-refractivity contribution in [3.05, 3.63) is 65.0 Å². The minimum Gasteiger partial charge on any atom is -0.371 e. The fourth-order valence-corrected chi connectivity index (χ4v) is 2.64. The molecule has 0 amide bonds. The van der Waals surface area contributed by atoms with E-state index in [1.807, 2.05) is 24.3 Å². The first-order chi connectivity index (χ1) is 11.9. The second-order valence-corrected chi connectivity index (χ2v) is 5.83. The van der Waals surface area contributed by atoms with Crippen molar-refractivity contribution in [2.45, 2.75) is 18.7 Å². The van der Waals surface area contributed by atoms with Gasteiger partial charge in [-0.2, -0.15) is 13.2 Å². The number of hydrogen-bond donors (Lipinski definition) is 1. The first-order valence-corrected chi connectivity index (χ1v) is 7.91. The third-order valence-electron chi connectivity index (χ3n) is 4.02. The lowest BCUT2D eigenvalue weighted by Gasteiger charge is -2.24. The van der Waals surface area contributed by atoms with Crippen LogP contribution in [0.25, 0.3) is 0 Å². The Hall–Kier alpha value is -2.25. The minimum absolute atomic E-state index is 0.00221. The number of carbonyl (C=O) groups is 1. The van der Waals surface area contributed by atoms with Crippen LogP contribution >= 0.6 is 0 Å². The molecule has 132 valence electrons. The van der Waals surface area contributed by atoms with Crippen molar-refractivity contribution in [3.63, 3.8) is 0 Å². The van der Waals surface area contributed by atoms with Gasteiger partial charge in [-0.3, -0.25) is 9.78 Å². The maximum atomic E-state index is 12.5. The van der Waals surface area contributed by atoms with E-state index in [1.54, 1.807) is 0 Å². The highest BCUT2D eigenvalue weighted by molar-refractivity contribution is 5.97. The number of ether oxygens (including phenoxy) is 1. The van der Waals surface area contributed by atoms with Gasteiger partial charge in [0.15, 0.2) is 5.78 Å². The van der Waals surface area contributed by atoms with Crippen molar-refractivity contribution in [3.8, 4) is 0 Å². The third kappa shape index (κ3) is 4.43. The number of Topliss-reactive ketones (excluding diaryl/α,β-unsaturated/α-hetero) is 1. The van der Waals surface area contributed by atoms with Crippen molar-refractivity contribution < 1.29 is 22.7 Å². The molecule has 1 saturated heterocycles. The highest BCUT2D eigenvalue weighted by atomic mass is 19.4. The molecular formula is C18H17F3N2O2. The quantitative estimate of drug-likeness (QED) is 0.861. The van der Waals surface area contributed by atoms with Crippen LogP contribution in [0.5, 0.6) is 0 Å². The molecule has 2 heterocycles. The first kappa shape index (κ1) is 17.6. The lowest BCUT2D eigenvalue weighted by molar-refractivity contribution is -0.141. The Morgan fingerprint density at radius 1 is 1.20 bits per heavy atom. The van der Waals surface area contributed by atoms with Crippen LogP contribution in [0, 0.1) is 0 Å². The summed E-state index contributed by atoms with van der Waals surface area (Å²) in [6.07, 6.45) is -3.43. The maximum absolute atomic E-state index is 12.5. The van der Waals surface area contributed by atoms with Gasteiger partial charge in [-0.25, -0.2) is 0 Å². The Morgan fingerprint density at radius 3 is 2.52 bits per heavy atom. The number of alkyl halides is 3. The summed E-state index contributed by atoms with van der Waals surface area (Å²) < 4.78 is 43.2. The number of pyridine rings is 1. The van der Waals surface area contributed by atoms with E-state index in [0.29, 0.717) is 6.61 Å². The summed E-state index contributed by atoms with van der Waals surface area (Å²) in [7, 11) is 0. The van der Waals surface area contributed by atoms with Gasteiger partial charge in [0, 0.05) is 31.3 Å². The van der Waals surface area contributed by atoms with Crippen molar-refractivity contribution in [2.24, 2.45) is 0 Å². The third-order valence-corrected chi connectivity index (χ3v) is 4.02. The van der Waals surface area contributed by atoms with E-state index in [2.05, 4.69) is 10.3 Å². The van der Waals surface area contributed by atoms with Gasteiger partial charge in [0.1, 0.15) is 5.69 Å². The highest BCUT2D eigenvalue weighted by Gasteiger charge is 2.32. The predicted molar refractivity (Wildman–Crippen MR) is 85.3 cm³/mol. The largest absolute Gasteiger partial charge is 0.433 e. The summed E-state index contributed by atoms with van der Waals surface area (Å²) in [6, 6.07) is 9.47. The molecule has 7 heteroatoms. The maximum Gasteiger partial charge on any atom is 0.433 e. The van der Waals surface area contributed by atoms with Crippen molar-refractivity contribution in [2.75, 3.05) is 19.7 Å². The average Bonchev–Trinajstić information content (AvgIpc) is 2.62. The predicted octanol–water partition coefficient (Wildman–Crippen LogP) is 3.19. The SMILES string of the molecule is O=C(Cc1ccc([C@@H]2CNCCO2)cc1)c1ccc(C(F)(F)F)nc1. The number of rotatable bonds is 4. The van der Waals surface area contributed by atoms with Crippen LogP contribution in [-0.2, 0) is 17.3 Å². The number of carbonyl (C=O) groups excluding carboxylic acids is 1. The molecule has 1 aromatic carbocycles. The number of nitrogens with zero attached hydrogens (tertiary/aromatic N) is 1. The van der Waals surface area contributed by atoms with Gasteiger partial charge < -0.3 is 10.1 Å². The van der Waals surface area contributed by atoms with Crippen LogP contribution in [-0.4, -0.2) is 30.5 Å². The number of aromatic nitrogens is 1. The molecule has 0 radical (unpaired) electrons. The van der Waals surface area contributed by atoms with Crippen LogP contribution in [0.15, 0.2) is 42.6 Å². The summed E-state index contributed by atoms with van der Waals surface area (Å²) in [6.45, 7) is 2.24. The summed E-state index contributed by atoms with van der Waals surface area (Å²) >= 11 is 0. The second-order valence-electron chi connectivity index (χ2n) is 5.83. The van der Waals surface area contributed by atoms with Crippen molar-refractivity contribution in [1.29, 1.82) is 0 Å². The molecule has 0 unspecified atom stereocenters. The summed E-state index contributed by atoms with van der Waals surface area (Å²) in [5.41, 5.74) is 0.975. The molecule has 0 aliphatic carbocycles. The van der Waals surface area contributed by atoms with E-state index in [0.717, 1.165) is 42.5 Å². The van der Waals surface area contributed by atoms with Crippen LogP contribution in [0.4, 0.5) is 13.2 Å². The fourth-order valence-electron chi connectivity index (χ4n) is 2.64. The zero-order valence-corrected chi connectivity index (χ0v) is 13.3. The van der Waals surface area contributed by atoms with E-state index < -0.39 is 11.9 Å². The molecule has 0 spiro atoms.